The smallest absolute Gasteiger partial charge is 0.178 e. The molecule has 0 unspecified atom stereocenters. The highest BCUT2D eigenvalue weighted by atomic mass is 19.1. The summed E-state index contributed by atoms with van der Waals surface area (Å²) >= 11 is 0. The van der Waals surface area contributed by atoms with Gasteiger partial charge in [-0.2, -0.15) is 0 Å². The van der Waals surface area contributed by atoms with Gasteiger partial charge >= 0.3 is 0 Å². The Balaban J connectivity index is 2.31. The average Bonchev–Trinajstić information content (AvgIpc) is 2.71. The molecule has 3 rings (SSSR count). The van der Waals surface area contributed by atoms with Gasteiger partial charge in [0.2, 0.25) is 0 Å². The molecule has 0 fully saturated rings. The fourth-order valence-electron chi connectivity index (χ4n) is 1.98. The maximum atomic E-state index is 13.8. The highest BCUT2D eigenvalue weighted by Crippen LogP contribution is 2.26. The molecule has 0 bridgehead atoms. The Labute approximate surface area is 103 Å². The maximum absolute atomic E-state index is 13.8. The van der Waals surface area contributed by atoms with E-state index < -0.39 is 0 Å². The van der Waals surface area contributed by atoms with Crippen LogP contribution in [0.5, 0.6) is 0 Å². The van der Waals surface area contributed by atoms with E-state index in [0.29, 0.717) is 22.7 Å². The molecule has 2 aromatic heterocycles. The zero-order valence-electron chi connectivity index (χ0n) is 9.76. The first kappa shape index (κ1) is 10.7. The number of fused-ring (bicyclic) bond motifs is 1. The molecule has 0 radical (unpaired) electrons. The summed E-state index contributed by atoms with van der Waals surface area (Å²) < 4.78 is 15.6. The average molecular weight is 242 g/mol. The molecule has 0 amide bonds. The molecule has 2 heterocycles. The first-order valence-electron chi connectivity index (χ1n) is 5.49. The van der Waals surface area contributed by atoms with Crippen LogP contribution in [0.1, 0.15) is 0 Å². The molecule has 4 nitrogen and oxygen atoms in total. The summed E-state index contributed by atoms with van der Waals surface area (Å²) in [4.78, 5) is 8.50. The van der Waals surface area contributed by atoms with Crippen LogP contribution in [0.4, 0.5) is 10.1 Å². The Morgan fingerprint density at radius 2 is 2.11 bits per heavy atom. The fourth-order valence-corrected chi connectivity index (χ4v) is 1.98. The molecule has 5 heteroatoms. The Hall–Kier alpha value is -2.43. The van der Waals surface area contributed by atoms with Gasteiger partial charge < -0.3 is 10.3 Å². The molecule has 0 aliphatic carbocycles. The van der Waals surface area contributed by atoms with Gasteiger partial charge in [0.25, 0.3) is 0 Å². The second-order valence-electron chi connectivity index (χ2n) is 4.08. The van der Waals surface area contributed by atoms with Crippen LogP contribution in [-0.4, -0.2) is 14.5 Å². The van der Waals surface area contributed by atoms with E-state index in [2.05, 4.69) is 9.97 Å². The van der Waals surface area contributed by atoms with Crippen LogP contribution in [0.3, 0.4) is 0 Å². The molecule has 90 valence electrons. The Morgan fingerprint density at radius 1 is 1.28 bits per heavy atom. The van der Waals surface area contributed by atoms with E-state index in [-0.39, 0.29) is 5.82 Å². The lowest BCUT2D eigenvalue weighted by Gasteiger charge is -2.04. The summed E-state index contributed by atoms with van der Waals surface area (Å²) in [6.07, 6.45) is 1.66. The van der Waals surface area contributed by atoms with Crippen LogP contribution in [-0.2, 0) is 7.05 Å². The zero-order chi connectivity index (χ0) is 12.7. The zero-order valence-corrected chi connectivity index (χ0v) is 9.76. The quantitative estimate of drug-likeness (QED) is 0.666. The van der Waals surface area contributed by atoms with Crippen molar-refractivity contribution in [3.63, 3.8) is 0 Å². The summed E-state index contributed by atoms with van der Waals surface area (Å²) in [5, 5.41) is 0. The highest BCUT2D eigenvalue weighted by molar-refractivity contribution is 5.77. The van der Waals surface area contributed by atoms with Crippen molar-refractivity contribution < 1.29 is 4.39 Å². The Morgan fingerprint density at radius 3 is 2.89 bits per heavy atom. The molecule has 0 saturated heterocycles. The number of aromatic nitrogens is 3. The van der Waals surface area contributed by atoms with Crippen LogP contribution in [0.15, 0.2) is 36.5 Å². The van der Waals surface area contributed by atoms with Crippen LogP contribution < -0.4 is 5.73 Å². The Kier molecular flexibility index (Phi) is 2.26. The molecule has 0 aliphatic rings. The fraction of sp³-hybridized carbons (Fsp3) is 0.0769. The molecule has 0 saturated carbocycles. The number of pyridine rings is 1. The van der Waals surface area contributed by atoms with Gasteiger partial charge in [-0.15, -0.1) is 0 Å². The number of aryl methyl sites for hydroxylation is 1. The summed E-state index contributed by atoms with van der Waals surface area (Å²) in [5.41, 5.74) is 8.03. The lowest BCUT2D eigenvalue weighted by molar-refractivity contribution is 0.629. The number of benzene rings is 1. The van der Waals surface area contributed by atoms with E-state index in [9.17, 15) is 4.39 Å². The number of hydrogen-bond acceptors (Lipinski definition) is 3. The number of nitrogen functional groups attached to an aromatic ring is 1. The van der Waals surface area contributed by atoms with E-state index in [1.54, 1.807) is 16.8 Å². The van der Waals surface area contributed by atoms with E-state index in [1.807, 2.05) is 19.2 Å². The molecular formula is C13H11FN4. The van der Waals surface area contributed by atoms with Crippen molar-refractivity contribution in [1.29, 1.82) is 0 Å². The monoisotopic (exact) mass is 242 g/mol. The lowest BCUT2D eigenvalue weighted by Crippen LogP contribution is -1.96. The topological polar surface area (TPSA) is 56.7 Å². The summed E-state index contributed by atoms with van der Waals surface area (Å²) in [7, 11) is 1.83. The van der Waals surface area contributed by atoms with Gasteiger partial charge in [0.1, 0.15) is 11.6 Å². The van der Waals surface area contributed by atoms with E-state index in [1.165, 1.54) is 12.1 Å². The van der Waals surface area contributed by atoms with Crippen molar-refractivity contribution in [2.45, 2.75) is 0 Å². The van der Waals surface area contributed by atoms with Gasteiger partial charge in [-0.1, -0.05) is 0 Å². The standard InChI is InChI=1S/C13H11FN4/c1-18-11-3-2-6-16-12(11)17-13(18)9-7-8(15)4-5-10(9)14/h2-7H,15H2,1H3. The second kappa shape index (κ2) is 3.80. The van der Waals surface area contributed by atoms with Crippen LogP contribution in [0, 0.1) is 5.82 Å². The molecule has 1 aromatic carbocycles. The maximum Gasteiger partial charge on any atom is 0.178 e. The predicted molar refractivity (Wildman–Crippen MR) is 68.3 cm³/mol. The van der Waals surface area contributed by atoms with Gasteiger partial charge in [0, 0.05) is 18.9 Å². The molecule has 0 atom stereocenters. The van der Waals surface area contributed by atoms with Gasteiger partial charge in [0.15, 0.2) is 5.65 Å². The van der Waals surface area contributed by atoms with Crippen molar-refractivity contribution in [3.8, 4) is 11.4 Å². The molecular weight excluding hydrogens is 231 g/mol. The molecule has 18 heavy (non-hydrogen) atoms. The number of halogens is 1. The third-order valence-corrected chi connectivity index (χ3v) is 2.89. The van der Waals surface area contributed by atoms with E-state index in [0.717, 1.165) is 5.52 Å². The van der Waals surface area contributed by atoms with Crippen molar-refractivity contribution in [1.82, 2.24) is 14.5 Å². The minimum atomic E-state index is -0.345. The number of rotatable bonds is 1. The Bertz CT molecular complexity index is 733. The summed E-state index contributed by atoms with van der Waals surface area (Å²) in [6, 6.07) is 8.17. The van der Waals surface area contributed by atoms with Crippen molar-refractivity contribution in [2.24, 2.45) is 7.05 Å². The van der Waals surface area contributed by atoms with Crippen LogP contribution in [0.2, 0.25) is 0 Å². The van der Waals surface area contributed by atoms with Crippen molar-refractivity contribution >= 4 is 16.9 Å². The third-order valence-electron chi connectivity index (χ3n) is 2.89. The van der Waals surface area contributed by atoms with Gasteiger partial charge in [0.05, 0.1) is 11.1 Å². The molecule has 0 aliphatic heterocycles. The molecule has 0 spiro atoms. The largest absolute Gasteiger partial charge is 0.399 e. The third kappa shape index (κ3) is 1.52. The normalized spacial score (nSPS) is 11.0. The first-order valence-corrected chi connectivity index (χ1v) is 5.49. The van der Waals surface area contributed by atoms with E-state index in [4.69, 9.17) is 5.73 Å². The molecule has 3 aromatic rings. The van der Waals surface area contributed by atoms with E-state index >= 15 is 0 Å². The van der Waals surface area contributed by atoms with Gasteiger partial charge in [-0.25, -0.2) is 14.4 Å². The number of anilines is 1. The van der Waals surface area contributed by atoms with Crippen LogP contribution >= 0.6 is 0 Å². The molecule has 2 N–H and O–H groups in total. The number of nitrogens with two attached hydrogens (primary N) is 1. The van der Waals surface area contributed by atoms with Crippen molar-refractivity contribution in [3.05, 3.63) is 42.3 Å². The summed E-state index contributed by atoms with van der Waals surface area (Å²) in [5.74, 6) is 0.177. The van der Waals surface area contributed by atoms with Crippen molar-refractivity contribution in [2.75, 3.05) is 5.73 Å². The minimum Gasteiger partial charge on any atom is -0.399 e. The second-order valence-corrected chi connectivity index (χ2v) is 4.08. The highest BCUT2D eigenvalue weighted by Gasteiger charge is 2.14. The minimum absolute atomic E-state index is 0.345. The SMILES string of the molecule is Cn1c(-c2cc(N)ccc2F)nc2ncccc21. The number of nitrogens with zero attached hydrogens (tertiary/aromatic N) is 3. The summed E-state index contributed by atoms with van der Waals surface area (Å²) in [6.45, 7) is 0. The number of imidazole rings is 1. The van der Waals surface area contributed by atoms with Crippen LogP contribution in [0.25, 0.3) is 22.6 Å². The number of hydrogen-bond donors (Lipinski definition) is 1. The first-order chi connectivity index (χ1) is 8.66. The van der Waals surface area contributed by atoms with Gasteiger partial charge in [-0.3, -0.25) is 0 Å². The predicted octanol–water partition coefficient (Wildman–Crippen LogP) is 2.36. The lowest BCUT2D eigenvalue weighted by atomic mass is 10.2. The van der Waals surface area contributed by atoms with Gasteiger partial charge in [-0.05, 0) is 30.3 Å².